The van der Waals surface area contributed by atoms with Crippen LogP contribution < -0.4 is 27.0 Å². The van der Waals surface area contributed by atoms with Crippen molar-refractivity contribution in [3.05, 3.63) is 64.7 Å². The Morgan fingerprint density at radius 3 is 2.53 bits per heavy atom. The molecule has 2 aromatic rings. The number of thioether (sulfide) groups is 1. The van der Waals surface area contributed by atoms with E-state index in [0.717, 1.165) is 11.3 Å². The van der Waals surface area contributed by atoms with E-state index in [1.54, 1.807) is 24.3 Å². The molecule has 10 heteroatoms. The van der Waals surface area contributed by atoms with Crippen LogP contribution >= 0.6 is 23.4 Å². The van der Waals surface area contributed by atoms with Crippen molar-refractivity contribution < 1.29 is 14.4 Å². The second kappa shape index (κ2) is 9.94. The minimum atomic E-state index is -0.953. The Morgan fingerprint density at radius 2 is 1.87 bits per heavy atom. The van der Waals surface area contributed by atoms with Crippen molar-refractivity contribution >= 4 is 46.8 Å². The van der Waals surface area contributed by atoms with E-state index in [1.807, 2.05) is 31.2 Å². The molecule has 0 bridgehead atoms. The number of carbonyl (C=O) groups is 3. The van der Waals surface area contributed by atoms with Gasteiger partial charge in [-0.2, -0.15) is 0 Å². The lowest BCUT2D eigenvalue weighted by Crippen LogP contribution is -2.70. The molecule has 1 heterocycles. The van der Waals surface area contributed by atoms with Gasteiger partial charge in [-0.3, -0.25) is 19.7 Å². The van der Waals surface area contributed by atoms with E-state index in [0.29, 0.717) is 10.6 Å². The van der Waals surface area contributed by atoms with Crippen LogP contribution in [0.5, 0.6) is 0 Å². The number of amides is 3. The standard InChI is InChI=1S/C20H22ClN5O3S/c1-11-4-2-3-5-14(11)23-15(27)10-30-20-25-17(22)16(19(29)26-20)24-18(28)12-6-8-13(21)9-7-12/h2-9,16-17,20,25H,10,22H2,1H3,(H,23,27)(H,24,28)(H,26,29). The SMILES string of the molecule is Cc1ccccc1NC(=O)CSC1NC(=O)C(NC(=O)c2ccc(Cl)cc2)C(N)N1. The third-order valence-electron chi connectivity index (χ3n) is 4.45. The van der Waals surface area contributed by atoms with E-state index < -0.39 is 29.5 Å². The summed E-state index contributed by atoms with van der Waals surface area (Å²) >= 11 is 7.01. The Labute approximate surface area is 183 Å². The highest BCUT2D eigenvalue weighted by molar-refractivity contribution is 8.00. The maximum Gasteiger partial charge on any atom is 0.252 e. The van der Waals surface area contributed by atoms with Gasteiger partial charge in [0.2, 0.25) is 11.8 Å². The predicted molar refractivity (Wildman–Crippen MR) is 118 cm³/mol. The molecule has 0 aliphatic carbocycles. The zero-order valence-corrected chi connectivity index (χ0v) is 17.7. The zero-order valence-electron chi connectivity index (χ0n) is 16.1. The van der Waals surface area contributed by atoms with Gasteiger partial charge in [0.25, 0.3) is 5.91 Å². The first-order valence-electron chi connectivity index (χ1n) is 9.19. The number of halogens is 1. The van der Waals surface area contributed by atoms with Crippen molar-refractivity contribution in [3.63, 3.8) is 0 Å². The molecule has 0 spiro atoms. The maximum atomic E-state index is 12.4. The molecule has 158 valence electrons. The number of nitrogens with two attached hydrogens (primary N) is 1. The van der Waals surface area contributed by atoms with Gasteiger partial charge < -0.3 is 21.7 Å². The van der Waals surface area contributed by atoms with E-state index in [2.05, 4.69) is 21.3 Å². The summed E-state index contributed by atoms with van der Waals surface area (Å²) in [5.41, 5.74) is 7.55. The molecule has 1 aliphatic heterocycles. The first-order chi connectivity index (χ1) is 14.3. The Bertz CT molecular complexity index is 940. The molecule has 2 aromatic carbocycles. The van der Waals surface area contributed by atoms with E-state index in [4.69, 9.17) is 17.3 Å². The average Bonchev–Trinajstić information content (AvgIpc) is 2.71. The topological polar surface area (TPSA) is 125 Å². The first-order valence-corrected chi connectivity index (χ1v) is 10.6. The third kappa shape index (κ3) is 5.73. The Balaban J connectivity index is 1.50. The Kier molecular flexibility index (Phi) is 7.33. The summed E-state index contributed by atoms with van der Waals surface area (Å²) in [4.78, 5) is 37.0. The highest BCUT2D eigenvalue weighted by Gasteiger charge is 2.35. The van der Waals surface area contributed by atoms with Gasteiger partial charge in [-0.15, -0.1) is 11.8 Å². The van der Waals surface area contributed by atoms with Crippen LogP contribution in [0.15, 0.2) is 48.5 Å². The number of hydrogen-bond donors (Lipinski definition) is 5. The molecule has 8 nitrogen and oxygen atoms in total. The zero-order chi connectivity index (χ0) is 21.7. The molecule has 3 amide bonds. The number of para-hydroxylation sites is 1. The molecule has 0 saturated carbocycles. The molecular formula is C20H22ClN5O3S. The summed E-state index contributed by atoms with van der Waals surface area (Å²) < 4.78 is 0. The van der Waals surface area contributed by atoms with Gasteiger partial charge in [0.15, 0.2) is 0 Å². The number of benzene rings is 2. The van der Waals surface area contributed by atoms with Crippen molar-refractivity contribution in [1.82, 2.24) is 16.0 Å². The van der Waals surface area contributed by atoms with Gasteiger partial charge in [-0.25, -0.2) is 0 Å². The van der Waals surface area contributed by atoms with Crippen LogP contribution in [-0.4, -0.2) is 41.2 Å². The van der Waals surface area contributed by atoms with Crippen molar-refractivity contribution in [2.45, 2.75) is 24.6 Å². The van der Waals surface area contributed by atoms with Crippen LogP contribution in [0.1, 0.15) is 15.9 Å². The minimum absolute atomic E-state index is 0.112. The highest BCUT2D eigenvalue weighted by Crippen LogP contribution is 2.16. The fourth-order valence-corrected chi connectivity index (χ4v) is 3.79. The lowest BCUT2D eigenvalue weighted by atomic mass is 10.1. The summed E-state index contributed by atoms with van der Waals surface area (Å²) in [6.45, 7) is 1.91. The monoisotopic (exact) mass is 447 g/mol. The van der Waals surface area contributed by atoms with Crippen molar-refractivity contribution in [3.8, 4) is 0 Å². The van der Waals surface area contributed by atoms with Gasteiger partial charge >= 0.3 is 0 Å². The fourth-order valence-electron chi connectivity index (χ4n) is 2.82. The number of carbonyl (C=O) groups excluding carboxylic acids is 3. The summed E-state index contributed by atoms with van der Waals surface area (Å²) in [5.74, 6) is -0.953. The number of nitrogens with one attached hydrogen (secondary N) is 4. The van der Waals surface area contributed by atoms with E-state index >= 15 is 0 Å². The largest absolute Gasteiger partial charge is 0.338 e. The van der Waals surface area contributed by atoms with Crippen LogP contribution in [0.3, 0.4) is 0 Å². The predicted octanol–water partition coefficient (Wildman–Crippen LogP) is 1.41. The maximum absolute atomic E-state index is 12.4. The van der Waals surface area contributed by atoms with Gasteiger partial charge in [0.1, 0.15) is 11.5 Å². The molecule has 3 rings (SSSR count). The molecule has 0 aromatic heterocycles. The Morgan fingerprint density at radius 1 is 1.17 bits per heavy atom. The van der Waals surface area contributed by atoms with Gasteiger partial charge in [0.05, 0.1) is 11.9 Å². The van der Waals surface area contributed by atoms with Crippen molar-refractivity contribution in [1.29, 1.82) is 0 Å². The second-order valence-electron chi connectivity index (χ2n) is 6.71. The average molecular weight is 448 g/mol. The van der Waals surface area contributed by atoms with Crippen molar-refractivity contribution in [2.75, 3.05) is 11.1 Å². The molecule has 3 atom stereocenters. The quantitative estimate of drug-likeness (QED) is 0.456. The van der Waals surface area contributed by atoms with Crippen LogP contribution in [0.4, 0.5) is 5.69 Å². The minimum Gasteiger partial charge on any atom is -0.338 e. The van der Waals surface area contributed by atoms with E-state index in [9.17, 15) is 14.4 Å². The van der Waals surface area contributed by atoms with Crippen molar-refractivity contribution in [2.24, 2.45) is 5.73 Å². The first kappa shape index (κ1) is 22.1. The van der Waals surface area contributed by atoms with Crippen LogP contribution in [-0.2, 0) is 9.59 Å². The molecule has 1 saturated heterocycles. The van der Waals surface area contributed by atoms with Crippen LogP contribution in [0.2, 0.25) is 5.02 Å². The lowest BCUT2D eigenvalue weighted by Gasteiger charge is -2.35. The van der Waals surface area contributed by atoms with Crippen LogP contribution in [0.25, 0.3) is 0 Å². The summed E-state index contributed by atoms with van der Waals surface area (Å²) in [7, 11) is 0. The summed E-state index contributed by atoms with van der Waals surface area (Å²) in [5, 5.41) is 11.6. The van der Waals surface area contributed by atoms with Crippen LogP contribution in [0, 0.1) is 6.92 Å². The Hall–Kier alpha value is -2.59. The van der Waals surface area contributed by atoms with Gasteiger partial charge in [-0.05, 0) is 42.8 Å². The number of hydrogen-bond acceptors (Lipinski definition) is 6. The second-order valence-corrected chi connectivity index (χ2v) is 8.24. The number of aryl methyl sites for hydroxylation is 1. The highest BCUT2D eigenvalue weighted by atomic mass is 35.5. The van der Waals surface area contributed by atoms with E-state index in [-0.39, 0.29) is 11.7 Å². The number of anilines is 1. The van der Waals surface area contributed by atoms with Gasteiger partial charge in [-0.1, -0.05) is 29.8 Å². The molecule has 1 aliphatic rings. The molecule has 6 N–H and O–H groups in total. The normalized spacial score (nSPS) is 20.9. The number of rotatable bonds is 6. The lowest BCUT2D eigenvalue weighted by molar-refractivity contribution is -0.125. The molecule has 3 unspecified atom stereocenters. The molecule has 0 radical (unpaired) electrons. The van der Waals surface area contributed by atoms with Gasteiger partial charge in [0, 0.05) is 16.3 Å². The molecule has 1 fully saturated rings. The van der Waals surface area contributed by atoms with E-state index in [1.165, 1.54) is 11.8 Å². The fraction of sp³-hybridized carbons (Fsp3) is 0.250. The molecule has 30 heavy (non-hydrogen) atoms. The summed E-state index contributed by atoms with van der Waals surface area (Å²) in [6, 6.07) is 12.8. The summed E-state index contributed by atoms with van der Waals surface area (Å²) in [6.07, 6.45) is -0.813. The third-order valence-corrected chi connectivity index (χ3v) is 5.72. The smallest absolute Gasteiger partial charge is 0.252 e. The molecular weight excluding hydrogens is 426 g/mol.